The van der Waals surface area contributed by atoms with Gasteiger partial charge >= 0.3 is 0 Å². The van der Waals surface area contributed by atoms with Crippen molar-refractivity contribution < 1.29 is 0 Å². The lowest BCUT2D eigenvalue weighted by atomic mass is 10.0. The summed E-state index contributed by atoms with van der Waals surface area (Å²) in [6.07, 6.45) is 1.93. The van der Waals surface area contributed by atoms with Crippen molar-refractivity contribution in [2.45, 2.75) is 13.5 Å². The van der Waals surface area contributed by atoms with Crippen molar-refractivity contribution in [2.75, 3.05) is 18.8 Å². The van der Waals surface area contributed by atoms with Gasteiger partial charge < -0.3 is 5.73 Å². The number of nitrogen functional groups attached to an aromatic ring is 1. The van der Waals surface area contributed by atoms with E-state index < -0.39 is 0 Å². The fourth-order valence-electron chi connectivity index (χ4n) is 2.17. The van der Waals surface area contributed by atoms with Gasteiger partial charge in [-0.05, 0) is 35.0 Å². The Labute approximate surface area is 109 Å². The van der Waals surface area contributed by atoms with Crippen molar-refractivity contribution in [2.24, 2.45) is 0 Å². The normalized spacial score (nSPS) is 11.0. The van der Waals surface area contributed by atoms with Gasteiger partial charge in [0, 0.05) is 18.8 Å². The van der Waals surface area contributed by atoms with Gasteiger partial charge in [0.15, 0.2) is 0 Å². The predicted molar refractivity (Wildman–Crippen MR) is 79.5 cm³/mol. The summed E-state index contributed by atoms with van der Waals surface area (Å²) in [4.78, 5) is 2.31. The summed E-state index contributed by atoms with van der Waals surface area (Å²) < 4.78 is 0. The molecule has 2 aromatic rings. The van der Waals surface area contributed by atoms with Crippen LogP contribution in [0, 0.1) is 0 Å². The Balaban J connectivity index is 2.32. The first-order chi connectivity index (χ1) is 8.74. The van der Waals surface area contributed by atoms with Crippen LogP contribution in [0.5, 0.6) is 0 Å². The smallest absolute Gasteiger partial charge is 0.0366 e. The molecule has 2 aromatic carbocycles. The van der Waals surface area contributed by atoms with E-state index in [1.807, 2.05) is 12.1 Å². The maximum absolute atomic E-state index is 6.13. The van der Waals surface area contributed by atoms with Crippen LogP contribution in [0.2, 0.25) is 0 Å². The van der Waals surface area contributed by atoms with Gasteiger partial charge in [-0.15, -0.1) is 6.58 Å². The second-order valence-electron chi connectivity index (χ2n) is 4.51. The van der Waals surface area contributed by atoms with Crippen LogP contribution in [0.15, 0.2) is 49.1 Å². The van der Waals surface area contributed by atoms with Gasteiger partial charge in [0.2, 0.25) is 0 Å². The Morgan fingerprint density at radius 1 is 1.22 bits per heavy atom. The van der Waals surface area contributed by atoms with E-state index in [1.54, 1.807) is 0 Å². The molecule has 0 atom stereocenters. The van der Waals surface area contributed by atoms with E-state index in [0.29, 0.717) is 0 Å². The van der Waals surface area contributed by atoms with Crippen molar-refractivity contribution >= 4 is 16.5 Å². The van der Waals surface area contributed by atoms with Crippen LogP contribution in [-0.4, -0.2) is 18.0 Å². The lowest BCUT2D eigenvalue weighted by Gasteiger charge is -2.19. The molecule has 0 saturated carbocycles. The van der Waals surface area contributed by atoms with Crippen molar-refractivity contribution in [3.63, 3.8) is 0 Å². The molecule has 2 heteroatoms. The molecule has 0 fully saturated rings. The highest BCUT2D eigenvalue weighted by Crippen LogP contribution is 2.23. The average molecular weight is 240 g/mol. The van der Waals surface area contributed by atoms with Gasteiger partial charge in [0.1, 0.15) is 0 Å². The van der Waals surface area contributed by atoms with Crippen molar-refractivity contribution in [3.8, 4) is 0 Å². The van der Waals surface area contributed by atoms with Crippen molar-refractivity contribution in [3.05, 3.63) is 54.6 Å². The lowest BCUT2D eigenvalue weighted by molar-refractivity contribution is 0.312. The van der Waals surface area contributed by atoms with E-state index in [4.69, 9.17) is 5.73 Å². The summed E-state index contributed by atoms with van der Waals surface area (Å²) >= 11 is 0. The minimum Gasteiger partial charge on any atom is -0.398 e. The van der Waals surface area contributed by atoms with Crippen molar-refractivity contribution in [1.82, 2.24) is 4.90 Å². The largest absolute Gasteiger partial charge is 0.398 e. The van der Waals surface area contributed by atoms with Gasteiger partial charge in [-0.1, -0.05) is 37.3 Å². The molecular formula is C16H20N2. The number of benzene rings is 2. The average Bonchev–Trinajstić information content (AvgIpc) is 2.39. The third-order valence-electron chi connectivity index (χ3n) is 3.24. The summed E-state index contributed by atoms with van der Waals surface area (Å²) in [5, 5.41) is 2.45. The highest BCUT2D eigenvalue weighted by atomic mass is 15.1. The van der Waals surface area contributed by atoms with E-state index in [-0.39, 0.29) is 0 Å². The number of hydrogen-bond donors (Lipinski definition) is 1. The SMILES string of the molecule is C=CCN(CC)Cc1cc2ccccc2cc1N. The zero-order valence-corrected chi connectivity index (χ0v) is 10.9. The second-order valence-corrected chi connectivity index (χ2v) is 4.51. The van der Waals surface area contributed by atoms with Crippen LogP contribution in [0.3, 0.4) is 0 Å². The van der Waals surface area contributed by atoms with Crippen molar-refractivity contribution in [1.29, 1.82) is 0 Å². The van der Waals surface area contributed by atoms with Gasteiger partial charge in [-0.2, -0.15) is 0 Å². The first-order valence-electron chi connectivity index (χ1n) is 6.35. The molecule has 0 aliphatic carbocycles. The van der Waals surface area contributed by atoms with Gasteiger partial charge in [-0.3, -0.25) is 4.90 Å². The van der Waals surface area contributed by atoms with Crippen LogP contribution in [0.25, 0.3) is 10.8 Å². The van der Waals surface area contributed by atoms with Crippen LogP contribution in [-0.2, 0) is 6.54 Å². The lowest BCUT2D eigenvalue weighted by Crippen LogP contribution is -2.23. The number of fused-ring (bicyclic) bond motifs is 1. The molecule has 0 unspecified atom stereocenters. The molecule has 0 bridgehead atoms. The maximum atomic E-state index is 6.13. The minimum absolute atomic E-state index is 0.871. The third-order valence-corrected chi connectivity index (χ3v) is 3.24. The number of rotatable bonds is 5. The second kappa shape index (κ2) is 5.69. The number of hydrogen-bond acceptors (Lipinski definition) is 2. The molecule has 2 N–H and O–H groups in total. The Morgan fingerprint density at radius 2 is 1.89 bits per heavy atom. The standard InChI is InChI=1S/C16H20N2/c1-3-9-18(4-2)12-15-10-13-7-5-6-8-14(13)11-16(15)17/h3,5-8,10-11H,1,4,9,12,17H2,2H3. The molecule has 0 aliphatic heterocycles. The number of anilines is 1. The van der Waals surface area contributed by atoms with Gasteiger partial charge in [0.25, 0.3) is 0 Å². The molecule has 0 heterocycles. The van der Waals surface area contributed by atoms with E-state index in [2.05, 4.69) is 48.7 Å². The summed E-state index contributed by atoms with van der Waals surface area (Å²) in [6.45, 7) is 8.71. The maximum Gasteiger partial charge on any atom is 0.0366 e. The highest BCUT2D eigenvalue weighted by molar-refractivity contribution is 5.86. The Morgan fingerprint density at radius 3 is 2.50 bits per heavy atom. The summed E-state index contributed by atoms with van der Waals surface area (Å²) in [6, 6.07) is 12.6. The van der Waals surface area contributed by atoms with Crippen LogP contribution in [0.4, 0.5) is 5.69 Å². The highest BCUT2D eigenvalue weighted by Gasteiger charge is 2.06. The zero-order chi connectivity index (χ0) is 13.0. The van der Waals surface area contributed by atoms with E-state index >= 15 is 0 Å². The predicted octanol–water partition coefficient (Wildman–Crippen LogP) is 3.43. The van der Waals surface area contributed by atoms with Crippen LogP contribution >= 0.6 is 0 Å². The molecule has 94 valence electrons. The fraction of sp³-hybridized carbons (Fsp3) is 0.250. The van der Waals surface area contributed by atoms with E-state index in [0.717, 1.165) is 25.3 Å². The Kier molecular flexibility index (Phi) is 4.00. The molecule has 2 nitrogen and oxygen atoms in total. The minimum atomic E-state index is 0.871. The van der Waals surface area contributed by atoms with Crippen LogP contribution < -0.4 is 5.73 Å². The zero-order valence-electron chi connectivity index (χ0n) is 10.9. The molecule has 0 aromatic heterocycles. The van der Waals surface area contributed by atoms with Gasteiger partial charge in [0.05, 0.1) is 0 Å². The van der Waals surface area contributed by atoms with E-state index in [9.17, 15) is 0 Å². The molecule has 2 rings (SSSR count). The number of likely N-dealkylation sites (N-methyl/N-ethyl adjacent to an activating group) is 1. The first-order valence-corrected chi connectivity index (χ1v) is 6.35. The molecule has 0 spiro atoms. The summed E-state index contributed by atoms with van der Waals surface area (Å²) in [5.41, 5.74) is 8.20. The number of nitrogens with two attached hydrogens (primary N) is 1. The van der Waals surface area contributed by atoms with Crippen LogP contribution in [0.1, 0.15) is 12.5 Å². The fourth-order valence-corrected chi connectivity index (χ4v) is 2.17. The Bertz CT molecular complexity index is 546. The molecule has 0 saturated heterocycles. The molecular weight excluding hydrogens is 220 g/mol. The summed E-state index contributed by atoms with van der Waals surface area (Å²) in [5.74, 6) is 0. The van der Waals surface area contributed by atoms with Gasteiger partial charge in [-0.25, -0.2) is 0 Å². The summed E-state index contributed by atoms with van der Waals surface area (Å²) in [7, 11) is 0. The molecule has 18 heavy (non-hydrogen) atoms. The topological polar surface area (TPSA) is 29.3 Å². The Hall–Kier alpha value is -1.80. The molecule has 0 amide bonds. The quantitative estimate of drug-likeness (QED) is 0.641. The molecule has 0 radical (unpaired) electrons. The van der Waals surface area contributed by atoms with E-state index in [1.165, 1.54) is 16.3 Å². The number of nitrogens with zero attached hydrogens (tertiary/aromatic N) is 1. The molecule has 0 aliphatic rings. The third kappa shape index (κ3) is 2.71. The monoisotopic (exact) mass is 240 g/mol. The first kappa shape index (κ1) is 12.7.